The molecule has 2 bridgehead atoms. The molecule has 0 aromatic carbocycles. The number of hydrogen-bond donors (Lipinski definition) is 0. The Hall–Kier alpha value is -0.120. The van der Waals surface area contributed by atoms with Crippen molar-refractivity contribution in [3.8, 4) is 0 Å². The maximum absolute atomic E-state index is 6.07. The van der Waals surface area contributed by atoms with Crippen molar-refractivity contribution >= 4 is 0 Å². The zero-order valence-corrected chi connectivity index (χ0v) is 9.66. The summed E-state index contributed by atoms with van der Waals surface area (Å²) in [5.41, 5.74) is -0.495. The van der Waals surface area contributed by atoms with Gasteiger partial charge >= 0.3 is 0 Å². The van der Waals surface area contributed by atoms with E-state index in [0.29, 0.717) is 0 Å². The summed E-state index contributed by atoms with van der Waals surface area (Å²) in [5.74, 6) is 0. The van der Waals surface area contributed by atoms with Crippen LogP contribution in [0.2, 0.25) is 0 Å². The largest absolute Gasteiger partial charge is 0.375 e. The summed E-state index contributed by atoms with van der Waals surface area (Å²) in [4.78, 5) is 0. The Kier molecular flexibility index (Phi) is 2.18. The highest BCUT2D eigenvalue weighted by Gasteiger charge is 2.68. The molecule has 2 aliphatic heterocycles. The molecule has 2 aliphatic rings. The monoisotopic (exact) mass is 200 g/mol. The van der Waals surface area contributed by atoms with E-state index in [9.17, 15) is 0 Å². The van der Waals surface area contributed by atoms with Crippen molar-refractivity contribution in [3.63, 3.8) is 0 Å². The zero-order chi connectivity index (χ0) is 10.6. The van der Waals surface area contributed by atoms with Gasteiger partial charge in [0.15, 0.2) is 0 Å². The fourth-order valence-corrected chi connectivity index (χ4v) is 3.09. The SMILES string of the molecule is CC[C@]12O[C@@H](C)[C@H](OC1(C)C)[C@@H]2OC. The summed E-state index contributed by atoms with van der Waals surface area (Å²) in [6.45, 7) is 8.38. The van der Waals surface area contributed by atoms with Crippen LogP contribution in [-0.2, 0) is 14.2 Å². The number of ether oxygens (including phenoxy) is 3. The molecular formula is C11H20O3. The van der Waals surface area contributed by atoms with E-state index in [4.69, 9.17) is 14.2 Å². The highest BCUT2D eigenvalue weighted by atomic mass is 16.7. The summed E-state index contributed by atoms with van der Waals surface area (Å²) >= 11 is 0. The van der Waals surface area contributed by atoms with E-state index in [1.165, 1.54) is 0 Å². The van der Waals surface area contributed by atoms with Crippen molar-refractivity contribution in [1.29, 1.82) is 0 Å². The van der Waals surface area contributed by atoms with E-state index in [0.717, 1.165) is 6.42 Å². The molecule has 0 saturated carbocycles. The van der Waals surface area contributed by atoms with Gasteiger partial charge in [0.25, 0.3) is 0 Å². The van der Waals surface area contributed by atoms with E-state index in [-0.39, 0.29) is 29.5 Å². The van der Waals surface area contributed by atoms with Crippen LogP contribution in [0.15, 0.2) is 0 Å². The molecule has 0 amide bonds. The average molecular weight is 200 g/mol. The second-order valence-electron chi connectivity index (χ2n) is 4.82. The van der Waals surface area contributed by atoms with Gasteiger partial charge in [0.2, 0.25) is 0 Å². The van der Waals surface area contributed by atoms with Crippen LogP contribution >= 0.6 is 0 Å². The second-order valence-corrected chi connectivity index (χ2v) is 4.82. The van der Waals surface area contributed by atoms with E-state index in [1.807, 2.05) is 0 Å². The van der Waals surface area contributed by atoms with Crippen molar-refractivity contribution in [3.05, 3.63) is 0 Å². The zero-order valence-electron chi connectivity index (χ0n) is 9.66. The lowest BCUT2D eigenvalue weighted by atomic mass is 9.81. The molecule has 0 aromatic rings. The molecular weight excluding hydrogens is 180 g/mol. The maximum Gasteiger partial charge on any atom is 0.125 e. The molecule has 0 aliphatic carbocycles. The van der Waals surface area contributed by atoms with Crippen molar-refractivity contribution in [1.82, 2.24) is 0 Å². The highest BCUT2D eigenvalue weighted by molar-refractivity contribution is 5.16. The minimum absolute atomic E-state index is 0.0810. The molecule has 0 aromatic heterocycles. The van der Waals surface area contributed by atoms with Crippen LogP contribution < -0.4 is 0 Å². The molecule has 0 N–H and O–H groups in total. The Labute approximate surface area is 85.7 Å². The van der Waals surface area contributed by atoms with Gasteiger partial charge in [-0.2, -0.15) is 0 Å². The number of fused-ring (bicyclic) bond motifs is 2. The average Bonchev–Trinajstić information content (AvgIpc) is 2.50. The van der Waals surface area contributed by atoms with Gasteiger partial charge in [-0.15, -0.1) is 0 Å². The molecule has 14 heavy (non-hydrogen) atoms. The van der Waals surface area contributed by atoms with Crippen molar-refractivity contribution in [2.24, 2.45) is 0 Å². The first-order chi connectivity index (χ1) is 6.48. The molecule has 2 saturated heterocycles. The van der Waals surface area contributed by atoms with Gasteiger partial charge in [0.05, 0.1) is 11.7 Å². The topological polar surface area (TPSA) is 27.7 Å². The molecule has 3 nitrogen and oxygen atoms in total. The number of hydrogen-bond acceptors (Lipinski definition) is 3. The van der Waals surface area contributed by atoms with Crippen LogP contribution in [0, 0.1) is 0 Å². The van der Waals surface area contributed by atoms with E-state index < -0.39 is 0 Å². The normalized spacial score (nSPS) is 49.9. The van der Waals surface area contributed by atoms with Crippen LogP contribution in [0.3, 0.4) is 0 Å². The number of rotatable bonds is 2. The third-order valence-corrected chi connectivity index (χ3v) is 3.85. The third-order valence-electron chi connectivity index (χ3n) is 3.85. The Morgan fingerprint density at radius 1 is 1.29 bits per heavy atom. The Morgan fingerprint density at radius 2 is 1.93 bits per heavy atom. The van der Waals surface area contributed by atoms with Crippen LogP contribution in [-0.4, -0.2) is 36.6 Å². The molecule has 3 heteroatoms. The Balaban J connectivity index is 2.38. The minimum Gasteiger partial charge on any atom is -0.375 e. The quantitative estimate of drug-likeness (QED) is 0.679. The van der Waals surface area contributed by atoms with Gasteiger partial charge in [0, 0.05) is 7.11 Å². The van der Waals surface area contributed by atoms with Gasteiger partial charge in [-0.25, -0.2) is 0 Å². The molecule has 2 rings (SSSR count). The first-order valence-corrected chi connectivity index (χ1v) is 5.37. The Bertz CT molecular complexity index is 239. The van der Waals surface area contributed by atoms with Crippen LogP contribution in [0.1, 0.15) is 34.1 Å². The van der Waals surface area contributed by atoms with E-state index in [1.54, 1.807) is 7.11 Å². The fraction of sp³-hybridized carbons (Fsp3) is 1.00. The predicted molar refractivity (Wildman–Crippen MR) is 53.3 cm³/mol. The predicted octanol–water partition coefficient (Wildman–Crippen LogP) is 1.75. The first-order valence-electron chi connectivity index (χ1n) is 5.37. The molecule has 0 unspecified atom stereocenters. The molecule has 4 atom stereocenters. The lowest BCUT2D eigenvalue weighted by molar-refractivity contribution is -0.224. The van der Waals surface area contributed by atoms with Gasteiger partial charge in [0.1, 0.15) is 17.8 Å². The van der Waals surface area contributed by atoms with E-state index >= 15 is 0 Å². The highest BCUT2D eigenvalue weighted by Crippen LogP contribution is 2.53. The van der Waals surface area contributed by atoms with Gasteiger partial charge in [-0.1, -0.05) is 6.92 Å². The van der Waals surface area contributed by atoms with Gasteiger partial charge in [-0.05, 0) is 27.2 Å². The second kappa shape index (κ2) is 2.94. The maximum atomic E-state index is 6.07. The summed E-state index contributed by atoms with van der Waals surface area (Å²) in [7, 11) is 1.74. The summed E-state index contributed by atoms with van der Waals surface area (Å²) in [6.07, 6.45) is 1.25. The van der Waals surface area contributed by atoms with Gasteiger partial charge in [-0.3, -0.25) is 0 Å². The fourth-order valence-electron chi connectivity index (χ4n) is 3.09. The molecule has 82 valence electrons. The summed E-state index contributed by atoms with van der Waals surface area (Å²) in [5, 5.41) is 0. The van der Waals surface area contributed by atoms with E-state index in [2.05, 4.69) is 27.7 Å². The molecule has 0 spiro atoms. The first kappa shape index (κ1) is 10.4. The van der Waals surface area contributed by atoms with Crippen molar-refractivity contribution in [2.45, 2.75) is 63.6 Å². The van der Waals surface area contributed by atoms with Gasteiger partial charge < -0.3 is 14.2 Å². The minimum atomic E-state index is -0.258. The lowest BCUT2D eigenvalue weighted by Crippen LogP contribution is -2.54. The van der Waals surface area contributed by atoms with Crippen LogP contribution in [0.5, 0.6) is 0 Å². The third kappa shape index (κ3) is 0.980. The van der Waals surface area contributed by atoms with Crippen molar-refractivity contribution in [2.75, 3.05) is 7.11 Å². The Morgan fingerprint density at radius 3 is 2.36 bits per heavy atom. The lowest BCUT2D eigenvalue weighted by Gasteiger charge is -2.42. The van der Waals surface area contributed by atoms with Crippen LogP contribution in [0.25, 0.3) is 0 Å². The molecule has 2 fully saturated rings. The summed E-state index contributed by atoms with van der Waals surface area (Å²) in [6, 6.07) is 0. The molecule has 2 heterocycles. The van der Waals surface area contributed by atoms with Crippen molar-refractivity contribution < 1.29 is 14.2 Å². The molecule has 0 radical (unpaired) electrons. The van der Waals surface area contributed by atoms with Crippen LogP contribution in [0.4, 0.5) is 0 Å². The number of methoxy groups -OCH3 is 1. The standard InChI is InChI=1S/C11H20O3/c1-6-11-9(12-5)8(7(2)13-11)14-10(11,3)4/h7-9H,6H2,1-5H3/t7-,8-,9-,11+/m0/s1. The smallest absolute Gasteiger partial charge is 0.125 e. The summed E-state index contributed by atoms with van der Waals surface area (Å²) < 4.78 is 17.6.